The number of aromatic nitrogens is 1. The number of aryl methyl sites for hydroxylation is 2. The van der Waals surface area contributed by atoms with Crippen LogP contribution in [-0.2, 0) is 22.6 Å². The van der Waals surface area contributed by atoms with Crippen molar-refractivity contribution in [1.29, 1.82) is 0 Å². The maximum absolute atomic E-state index is 11.2. The lowest BCUT2D eigenvalue weighted by Gasteiger charge is -2.06. The molecule has 0 fully saturated rings. The predicted molar refractivity (Wildman–Crippen MR) is 125 cm³/mol. The molecule has 1 heterocycles. The third kappa shape index (κ3) is 5.35. The van der Waals surface area contributed by atoms with Gasteiger partial charge in [-0.3, -0.25) is 4.79 Å². The van der Waals surface area contributed by atoms with Crippen molar-refractivity contribution in [3.63, 3.8) is 0 Å². The number of rotatable bonds is 9. The Morgan fingerprint density at radius 2 is 1.75 bits per heavy atom. The third-order valence-corrected chi connectivity index (χ3v) is 5.51. The number of methoxy groups -OCH3 is 1. The Morgan fingerprint density at radius 1 is 0.969 bits per heavy atom. The summed E-state index contributed by atoms with van der Waals surface area (Å²) in [6, 6.07) is 22.5. The van der Waals surface area contributed by atoms with Crippen LogP contribution >= 0.6 is 0 Å². The molecule has 4 aromatic rings. The Kier molecular flexibility index (Phi) is 6.85. The number of unbranched alkanes of at least 4 members (excludes halogenated alkanes) is 1. The molecule has 0 aliphatic carbocycles. The van der Waals surface area contributed by atoms with Crippen LogP contribution in [0.15, 0.2) is 71.1 Å². The number of oxazole rings is 1. The number of hydrogen-bond donors (Lipinski definition) is 0. The number of carbonyl (C=O) groups excluding carboxylic acids is 1. The fourth-order valence-electron chi connectivity index (χ4n) is 3.61. The number of ether oxygens (including phenoxy) is 2. The van der Waals surface area contributed by atoms with E-state index in [9.17, 15) is 4.79 Å². The van der Waals surface area contributed by atoms with Crippen molar-refractivity contribution < 1.29 is 18.7 Å². The molecule has 0 saturated carbocycles. The van der Waals surface area contributed by atoms with E-state index in [4.69, 9.17) is 9.15 Å². The number of esters is 1. The summed E-state index contributed by atoms with van der Waals surface area (Å²) in [4.78, 5) is 15.8. The summed E-state index contributed by atoms with van der Waals surface area (Å²) in [5.41, 5.74) is 2.97. The molecule has 4 rings (SSSR count). The number of hydrogen-bond acceptors (Lipinski definition) is 5. The van der Waals surface area contributed by atoms with Gasteiger partial charge in [0.25, 0.3) is 0 Å². The van der Waals surface area contributed by atoms with E-state index in [1.807, 2.05) is 37.3 Å². The predicted octanol–water partition coefficient (Wildman–Crippen LogP) is 6.27. The topological polar surface area (TPSA) is 61.6 Å². The molecule has 5 heteroatoms. The molecule has 164 valence electrons. The first-order chi connectivity index (χ1) is 15.6. The fraction of sp³-hybridized carbons (Fsp3) is 0.259. The molecule has 5 nitrogen and oxygen atoms in total. The van der Waals surface area contributed by atoms with Crippen LogP contribution in [0.1, 0.15) is 36.3 Å². The lowest BCUT2D eigenvalue weighted by molar-refractivity contribution is -0.140. The summed E-state index contributed by atoms with van der Waals surface area (Å²) in [6.07, 6.45) is 3.17. The number of nitrogens with zero attached hydrogens (tertiary/aromatic N) is 1. The molecular weight excluding hydrogens is 402 g/mol. The van der Waals surface area contributed by atoms with E-state index in [0.29, 0.717) is 18.9 Å². The highest BCUT2D eigenvalue weighted by atomic mass is 16.5. The summed E-state index contributed by atoms with van der Waals surface area (Å²) >= 11 is 0. The summed E-state index contributed by atoms with van der Waals surface area (Å²) < 4.78 is 16.5. The van der Waals surface area contributed by atoms with Crippen LogP contribution in [0.5, 0.6) is 5.75 Å². The second kappa shape index (κ2) is 10.1. The number of carbonyl (C=O) groups is 1. The molecule has 0 spiro atoms. The lowest BCUT2D eigenvalue weighted by Crippen LogP contribution is -2.00. The smallest absolute Gasteiger partial charge is 0.305 e. The van der Waals surface area contributed by atoms with Crippen molar-refractivity contribution in [3.05, 3.63) is 83.7 Å². The molecular formula is C27H27NO4. The van der Waals surface area contributed by atoms with Crippen molar-refractivity contribution in [1.82, 2.24) is 4.98 Å². The molecule has 1 aromatic heterocycles. The van der Waals surface area contributed by atoms with Gasteiger partial charge in [-0.2, -0.15) is 0 Å². The lowest BCUT2D eigenvalue weighted by atomic mass is 10.1. The van der Waals surface area contributed by atoms with Crippen molar-refractivity contribution in [3.8, 4) is 17.2 Å². The van der Waals surface area contributed by atoms with Gasteiger partial charge in [-0.25, -0.2) is 4.98 Å². The van der Waals surface area contributed by atoms with Crippen molar-refractivity contribution in [2.45, 2.75) is 39.2 Å². The molecule has 0 aliphatic rings. The summed E-state index contributed by atoms with van der Waals surface area (Å²) in [7, 11) is 1.42. The third-order valence-electron chi connectivity index (χ3n) is 5.51. The van der Waals surface area contributed by atoms with E-state index in [1.165, 1.54) is 18.1 Å². The zero-order chi connectivity index (χ0) is 22.3. The molecule has 0 atom stereocenters. The highest BCUT2D eigenvalue weighted by Gasteiger charge is 2.12. The van der Waals surface area contributed by atoms with Gasteiger partial charge < -0.3 is 13.9 Å². The SMILES string of the molecule is COC(=O)CCCCc1ccc(OCc2nc(-c3ccc4ccccc4c3)oc2C)cc1. The van der Waals surface area contributed by atoms with Gasteiger partial charge in [-0.15, -0.1) is 0 Å². The normalized spacial score (nSPS) is 10.9. The highest BCUT2D eigenvalue weighted by molar-refractivity contribution is 5.86. The van der Waals surface area contributed by atoms with Crippen LogP contribution in [0.2, 0.25) is 0 Å². The second-order valence-corrected chi connectivity index (χ2v) is 7.80. The van der Waals surface area contributed by atoms with Crippen LogP contribution in [0.4, 0.5) is 0 Å². The molecule has 3 aromatic carbocycles. The average Bonchev–Trinajstić information content (AvgIpc) is 3.21. The monoisotopic (exact) mass is 429 g/mol. The van der Waals surface area contributed by atoms with Crippen molar-refractivity contribution in [2.75, 3.05) is 7.11 Å². The van der Waals surface area contributed by atoms with Gasteiger partial charge in [0.2, 0.25) is 5.89 Å². The van der Waals surface area contributed by atoms with Gasteiger partial charge in [-0.05, 0) is 66.8 Å². The van der Waals surface area contributed by atoms with E-state index in [-0.39, 0.29) is 5.97 Å². The number of benzene rings is 3. The zero-order valence-electron chi connectivity index (χ0n) is 18.5. The minimum Gasteiger partial charge on any atom is -0.487 e. The Morgan fingerprint density at radius 3 is 2.53 bits per heavy atom. The number of fused-ring (bicyclic) bond motifs is 1. The molecule has 0 aliphatic heterocycles. The van der Waals surface area contributed by atoms with Gasteiger partial charge in [-0.1, -0.05) is 42.5 Å². The first-order valence-electron chi connectivity index (χ1n) is 10.9. The maximum atomic E-state index is 11.2. The van der Waals surface area contributed by atoms with Crippen LogP contribution in [0.25, 0.3) is 22.2 Å². The standard InChI is InChI=1S/C27H27NO4/c1-19-25(28-27(32-19)23-14-13-21-8-4-5-9-22(21)17-23)18-31-24-15-11-20(12-16-24)7-3-6-10-26(29)30-2/h4-5,8-9,11-17H,3,6-7,10,18H2,1-2H3. The molecule has 0 bridgehead atoms. The Labute approximate surface area is 188 Å². The summed E-state index contributed by atoms with van der Waals surface area (Å²) in [6.45, 7) is 2.26. The molecule has 0 radical (unpaired) electrons. The maximum Gasteiger partial charge on any atom is 0.305 e. The molecule has 0 unspecified atom stereocenters. The molecule has 0 amide bonds. The van der Waals surface area contributed by atoms with Gasteiger partial charge in [0.05, 0.1) is 7.11 Å². The highest BCUT2D eigenvalue weighted by Crippen LogP contribution is 2.26. The summed E-state index contributed by atoms with van der Waals surface area (Å²) in [5, 5.41) is 2.35. The van der Waals surface area contributed by atoms with Crippen molar-refractivity contribution >= 4 is 16.7 Å². The molecule has 32 heavy (non-hydrogen) atoms. The van der Waals surface area contributed by atoms with Crippen LogP contribution in [-0.4, -0.2) is 18.1 Å². The largest absolute Gasteiger partial charge is 0.487 e. The van der Waals surface area contributed by atoms with Gasteiger partial charge in [0.15, 0.2) is 0 Å². The Bertz CT molecular complexity index is 1190. The van der Waals surface area contributed by atoms with Crippen LogP contribution in [0.3, 0.4) is 0 Å². The van der Waals surface area contributed by atoms with E-state index in [2.05, 4.69) is 46.1 Å². The Balaban J connectivity index is 1.34. The van der Waals surface area contributed by atoms with Crippen LogP contribution in [0, 0.1) is 6.92 Å². The minimum absolute atomic E-state index is 0.152. The van der Waals surface area contributed by atoms with E-state index in [1.54, 1.807) is 0 Å². The van der Waals surface area contributed by atoms with Gasteiger partial charge in [0.1, 0.15) is 23.8 Å². The van der Waals surface area contributed by atoms with E-state index in [0.717, 1.165) is 47.4 Å². The first-order valence-corrected chi connectivity index (χ1v) is 10.9. The Hall–Kier alpha value is -3.60. The quantitative estimate of drug-likeness (QED) is 0.232. The average molecular weight is 430 g/mol. The van der Waals surface area contributed by atoms with E-state index < -0.39 is 0 Å². The van der Waals surface area contributed by atoms with Gasteiger partial charge >= 0.3 is 5.97 Å². The fourth-order valence-corrected chi connectivity index (χ4v) is 3.61. The minimum atomic E-state index is -0.152. The first kappa shape index (κ1) is 21.6. The summed E-state index contributed by atoms with van der Waals surface area (Å²) in [5.74, 6) is 2.00. The van der Waals surface area contributed by atoms with Crippen molar-refractivity contribution in [2.24, 2.45) is 0 Å². The van der Waals surface area contributed by atoms with E-state index >= 15 is 0 Å². The molecule has 0 saturated heterocycles. The van der Waals surface area contributed by atoms with Gasteiger partial charge in [0, 0.05) is 12.0 Å². The zero-order valence-corrected chi connectivity index (χ0v) is 18.5. The molecule has 0 N–H and O–H groups in total. The van der Waals surface area contributed by atoms with Crippen LogP contribution < -0.4 is 4.74 Å². The second-order valence-electron chi connectivity index (χ2n) is 7.80.